The van der Waals surface area contributed by atoms with Gasteiger partial charge in [0.05, 0.1) is 27.0 Å². The van der Waals surface area contributed by atoms with Gasteiger partial charge in [0.25, 0.3) is 11.8 Å². The highest BCUT2D eigenvalue weighted by Gasteiger charge is 2.18. The summed E-state index contributed by atoms with van der Waals surface area (Å²) in [6.45, 7) is 0. The normalized spacial score (nSPS) is 10.8. The van der Waals surface area contributed by atoms with Gasteiger partial charge in [-0.2, -0.15) is 0 Å². The summed E-state index contributed by atoms with van der Waals surface area (Å²) in [7, 11) is 4.53. The van der Waals surface area contributed by atoms with Gasteiger partial charge in [-0.15, -0.1) is 0 Å². The molecule has 170 valence electrons. The van der Waals surface area contributed by atoms with Crippen LogP contribution in [0, 0.1) is 0 Å². The summed E-state index contributed by atoms with van der Waals surface area (Å²) in [4.78, 5) is 26.2. The van der Waals surface area contributed by atoms with Crippen molar-refractivity contribution in [1.82, 2.24) is 5.32 Å². The monoisotopic (exact) mass is 510 g/mol. The third-order valence-electron chi connectivity index (χ3n) is 4.70. The van der Waals surface area contributed by atoms with Crippen molar-refractivity contribution in [2.24, 2.45) is 0 Å². The van der Waals surface area contributed by atoms with Gasteiger partial charge in [-0.25, -0.2) is 0 Å². The predicted molar refractivity (Wildman–Crippen MR) is 131 cm³/mol. The molecule has 0 saturated heterocycles. The number of hydrogen-bond acceptors (Lipinski definition) is 5. The Labute approximate surface area is 200 Å². The van der Waals surface area contributed by atoms with Crippen LogP contribution in [0.2, 0.25) is 0 Å². The molecule has 0 radical (unpaired) electrons. The zero-order valence-electron chi connectivity index (χ0n) is 18.3. The zero-order chi connectivity index (χ0) is 23.8. The van der Waals surface area contributed by atoms with Crippen LogP contribution in [-0.2, 0) is 4.79 Å². The third-order valence-corrected chi connectivity index (χ3v) is 5.39. The number of carbonyl (C=O) groups excluding carboxylic acids is 2. The lowest BCUT2D eigenvalue weighted by Crippen LogP contribution is -2.30. The first-order chi connectivity index (χ1) is 16.0. The highest BCUT2D eigenvalue weighted by molar-refractivity contribution is 9.10. The summed E-state index contributed by atoms with van der Waals surface area (Å²) in [5, 5.41) is 5.52. The quantitative estimate of drug-likeness (QED) is 0.421. The van der Waals surface area contributed by atoms with Gasteiger partial charge in [0.2, 0.25) is 0 Å². The van der Waals surface area contributed by atoms with Crippen molar-refractivity contribution in [3.05, 3.63) is 88.0 Å². The van der Waals surface area contributed by atoms with Crippen LogP contribution >= 0.6 is 15.9 Å². The molecule has 0 heterocycles. The maximum atomic E-state index is 13.2. The number of carbonyl (C=O) groups is 2. The zero-order valence-corrected chi connectivity index (χ0v) is 19.9. The van der Waals surface area contributed by atoms with Gasteiger partial charge in [-0.3, -0.25) is 9.59 Å². The van der Waals surface area contributed by atoms with E-state index in [1.807, 2.05) is 18.2 Å². The highest BCUT2D eigenvalue weighted by atomic mass is 79.9. The Bertz CT molecular complexity index is 1190. The van der Waals surface area contributed by atoms with Crippen LogP contribution in [-0.4, -0.2) is 33.1 Å². The standard InChI is InChI=1S/C25H23BrN2O5/c1-31-21-11-7-4-8-16(21)14-20(25(30)27-19-10-6-5-9-18(19)26)28-24(29)17-12-13-22(32-2)23(15-17)33-3/h4-15H,1-3H3,(H,27,30)(H,28,29)/b20-14-. The number of nitrogens with one attached hydrogen (secondary N) is 2. The molecule has 7 nitrogen and oxygen atoms in total. The van der Waals surface area contributed by atoms with E-state index < -0.39 is 11.8 Å². The molecule has 0 aliphatic rings. The van der Waals surface area contributed by atoms with Crippen LogP contribution in [0.15, 0.2) is 76.9 Å². The molecule has 0 bridgehead atoms. The van der Waals surface area contributed by atoms with E-state index in [1.54, 1.807) is 54.6 Å². The fourth-order valence-corrected chi connectivity index (χ4v) is 3.41. The van der Waals surface area contributed by atoms with Gasteiger partial charge in [0.1, 0.15) is 11.4 Å². The van der Waals surface area contributed by atoms with Gasteiger partial charge < -0.3 is 24.8 Å². The summed E-state index contributed by atoms with van der Waals surface area (Å²) in [6, 6.07) is 19.1. The van der Waals surface area contributed by atoms with E-state index in [0.29, 0.717) is 38.5 Å². The minimum atomic E-state index is -0.498. The van der Waals surface area contributed by atoms with Crippen LogP contribution in [0.25, 0.3) is 6.08 Å². The second-order valence-electron chi connectivity index (χ2n) is 6.76. The molecule has 0 aliphatic carbocycles. The van der Waals surface area contributed by atoms with E-state index in [0.717, 1.165) is 0 Å². The molecule has 33 heavy (non-hydrogen) atoms. The lowest BCUT2D eigenvalue weighted by atomic mass is 10.1. The minimum Gasteiger partial charge on any atom is -0.496 e. The fraction of sp³-hybridized carbons (Fsp3) is 0.120. The Morgan fingerprint density at radius 3 is 2.18 bits per heavy atom. The van der Waals surface area contributed by atoms with Crippen molar-refractivity contribution in [3.63, 3.8) is 0 Å². The summed E-state index contributed by atoms with van der Waals surface area (Å²) >= 11 is 3.41. The first-order valence-corrected chi connectivity index (χ1v) is 10.7. The molecule has 0 aromatic heterocycles. The number of para-hydroxylation sites is 2. The first kappa shape index (κ1) is 23.9. The number of hydrogen-bond donors (Lipinski definition) is 2. The molecule has 3 rings (SSSR count). The van der Waals surface area contributed by atoms with E-state index in [4.69, 9.17) is 14.2 Å². The largest absolute Gasteiger partial charge is 0.496 e. The number of halogens is 1. The van der Waals surface area contributed by atoms with Crippen LogP contribution in [0.3, 0.4) is 0 Å². The molecule has 2 N–H and O–H groups in total. The SMILES string of the molecule is COc1ccccc1/C=C(\NC(=O)c1ccc(OC)c(OC)c1)C(=O)Nc1ccccc1Br. The molecule has 0 spiro atoms. The fourth-order valence-electron chi connectivity index (χ4n) is 3.02. The van der Waals surface area contributed by atoms with E-state index in [2.05, 4.69) is 26.6 Å². The van der Waals surface area contributed by atoms with E-state index in [9.17, 15) is 9.59 Å². The van der Waals surface area contributed by atoms with Crippen molar-refractivity contribution in [1.29, 1.82) is 0 Å². The molecule has 3 aromatic carbocycles. The van der Waals surface area contributed by atoms with Crippen molar-refractivity contribution in [3.8, 4) is 17.2 Å². The maximum Gasteiger partial charge on any atom is 0.272 e. The van der Waals surface area contributed by atoms with Gasteiger partial charge in [0.15, 0.2) is 11.5 Å². The molecule has 2 amide bonds. The van der Waals surface area contributed by atoms with Gasteiger partial charge >= 0.3 is 0 Å². The van der Waals surface area contributed by atoms with E-state index in [-0.39, 0.29) is 5.70 Å². The summed E-state index contributed by atoms with van der Waals surface area (Å²) in [6.07, 6.45) is 1.56. The number of benzene rings is 3. The van der Waals surface area contributed by atoms with E-state index >= 15 is 0 Å². The Morgan fingerprint density at radius 2 is 1.48 bits per heavy atom. The molecule has 0 unspecified atom stereocenters. The second kappa shape index (κ2) is 11.2. The van der Waals surface area contributed by atoms with Crippen molar-refractivity contribution in [2.45, 2.75) is 0 Å². The summed E-state index contributed by atoms with van der Waals surface area (Å²) < 4.78 is 16.6. The Balaban J connectivity index is 1.96. The van der Waals surface area contributed by atoms with Gasteiger partial charge in [-0.1, -0.05) is 30.3 Å². The lowest BCUT2D eigenvalue weighted by Gasteiger charge is -2.14. The van der Waals surface area contributed by atoms with Gasteiger partial charge in [0, 0.05) is 15.6 Å². The van der Waals surface area contributed by atoms with Crippen LogP contribution in [0.1, 0.15) is 15.9 Å². The lowest BCUT2D eigenvalue weighted by molar-refractivity contribution is -0.113. The van der Waals surface area contributed by atoms with Gasteiger partial charge in [-0.05, 0) is 58.4 Å². The predicted octanol–water partition coefficient (Wildman–Crippen LogP) is 4.88. The average Bonchev–Trinajstić information content (AvgIpc) is 2.84. The van der Waals surface area contributed by atoms with Crippen LogP contribution in [0.4, 0.5) is 5.69 Å². The minimum absolute atomic E-state index is 0.0371. The topological polar surface area (TPSA) is 85.9 Å². The molecule has 0 atom stereocenters. The van der Waals surface area contributed by atoms with Crippen molar-refractivity contribution < 1.29 is 23.8 Å². The van der Waals surface area contributed by atoms with Crippen LogP contribution < -0.4 is 24.8 Å². The molecule has 0 fully saturated rings. The van der Waals surface area contributed by atoms with Crippen molar-refractivity contribution >= 4 is 39.5 Å². The molecular weight excluding hydrogens is 488 g/mol. The highest BCUT2D eigenvalue weighted by Crippen LogP contribution is 2.28. The summed E-state index contributed by atoms with van der Waals surface area (Å²) in [5.74, 6) is 0.466. The molecular formula is C25H23BrN2O5. The number of anilines is 1. The average molecular weight is 511 g/mol. The smallest absolute Gasteiger partial charge is 0.272 e. The van der Waals surface area contributed by atoms with Crippen LogP contribution in [0.5, 0.6) is 17.2 Å². The Kier molecular flexibility index (Phi) is 8.10. The third kappa shape index (κ3) is 5.93. The molecule has 8 heteroatoms. The Hall–Kier alpha value is -3.78. The molecule has 0 aliphatic heterocycles. The number of rotatable bonds is 8. The Morgan fingerprint density at radius 1 is 0.818 bits per heavy atom. The second-order valence-corrected chi connectivity index (χ2v) is 7.61. The molecule has 3 aromatic rings. The molecule has 0 saturated carbocycles. The summed E-state index contributed by atoms with van der Waals surface area (Å²) in [5.41, 5.74) is 1.53. The van der Waals surface area contributed by atoms with Crippen molar-refractivity contribution in [2.75, 3.05) is 26.6 Å². The number of ether oxygens (including phenoxy) is 3. The maximum absolute atomic E-state index is 13.2. The first-order valence-electron chi connectivity index (χ1n) is 9.90. The number of methoxy groups -OCH3 is 3. The number of amides is 2. The van der Waals surface area contributed by atoms with E-state index in [1.165, 1.54) is 21.3 Å².